The summed E-state index contributed by atoms with van der Waals surface area (Å²) in [5.41, 5.74) is 9.33. The fraction of sp³-hybridized carbons (Fsp3) is 0.412. The van der Waals surface area contributed by atoms with E-state index in [1.165, 1.54) is 5.56 Å². The van der Waals surface area contributed by atoms with Crippen molar-refractivity contribution < 1.29 is 4.79 Å². The number of carbonyl (C=O) groups is 1. The summed E-state index contributed by atoms with van der Waals surface area (Å²) < 4.78 is 0. The Kier molecular flexibility index (Phi) is 4.62. The number of rotatable bonds is 5. The minimum absolute atomic E-state index is 0.372. The second kappa shape index (κ2) is 6.83. The number of aromatic amines is 1. The SMILES string of the molecule is Cc1cn[nH]c1CNC1CCCN(c2ccccc2C(N)=O)C1. The molecule has 4 N–H and O–H groups in total. The van der Waals surface area contributed by atoms with Crippen LogP contribution in [0.25, 0.3) is 0 Å². The predicted octanol–water partition coefficient (Wildman–Crippen LogP) is 1.58. The lowest BCUT2D eigenvalue weighted by Crippen LogP contribution is -2.46. The number of para-hydroxylation sites is 1. The van der Waals surface area contributed by atoms with Gasteiger partial charge in [-0.3, -0.25) is 9.89 Å². The van der Waals surface area contributed by atoms with Crippen molar-refractivity contribution in [3.8, 4) is 0 Å². The van der Waals surface area contributed by atoms with Gasteiger partial charge in [0.2, 0.25) is 0 Å². The van der Waals surface area contributed by atoms with Crippen LogP contribution in [0.5, 0.6) is 0 Å². The lowest BCUT2D eigenvalue weighted by atomic mass is 10.0. The number of anilines is 1. The molecular formula is C17H23N5O. The number of hydrogen-bond acceptors (Lipinski definition) is 4. The molecule has 1 fully saturated rings. The van der Waals surface area contributed by atoms with Crippen LogP contribution in [0.1, 0.15) is 34.5 Å². The summed E-state index contributed by atoms with van der Waals surface area (Å²) >= 11 is 0. The van der Waals surface area contributed by atoms with Crippen molar-refractivity contribution in [1.82, 2.24) is 15.5 Å². The standard InChI is InChI=1S/C17H23N5O/c1-12-9-20-21-15(12)10-19-13-5-4-8-22(11-13)16-7-3-2-6-14(16)17(18)23/h2-3,6-7,9,13,19H,4-5,8,10-11H2,1H3,(H2,18,23)(H,20,21). The van der Waals surface area contributed by atoms with Crippen LogP contribution in [-0.4, -0.2) is 35.2 Å². The molecule has 122 valence electrons. The van der Waals surface area contributed by atoms with E-state index < -0.39 is 0 Å². The van der Waals surface area contributed by atoms with E-state index in [1.807, 2.05) is 24.4 Å². The van der Waals surface area contributed by atoms with Gasteiger partial charge in [0.05, 0.1) is 17.5 Å². The molecule has 0 spiro atoms. The first-order valence-electron chi connectivity index (χ1n) is 8.01. The lowest BCUT2D eigenvalue weighted by molar-refractivity contribution is 0.100. The summed E-state index contributed by atoms with van der Waals surface area (Å²) in [6.07, 6.45) is 4.06. The molecule has 0 saturated carbocycles. The monoisotopic (exact) mass is 313 g/mol. The number of primary amides is 1. The molecule has 1 aliphatic heterocycles. The van der Waals surface area contributed by atoms with Crippen LogP contribution in [0.3, 0.4) is 0 Å². The summed E-state index contributed by atoms with van der Waals surface area (Å²) in [7, 11) is 0. The van der Waals surface area contributed by atoms with Crippen molar-refractivity contribution in [3.63, 3.8) is 0 Å². The first-order valence-corrected chi connectivity index (χ1v) is 8.01. The van der Waals surface area contributed by atoms with Gasteiger partial charge in [-0.25, -0.2) is 0 Å². The number of amides is 1. The Morgan fingerprint density at radius 1 is 1.48 bits per heavy atom. The molecule has 1 saturated heterocycles. The Morgan fingerprint density at radius 3 is 3.04 bits per heavy atom. The maximum atomic E-state index is 11.6. The largest absolute Gasteiger partial charge is 0.369 e. The molecule has 0 bridgehead atoms. The minimum Gasteiger partial charge on any atom is -0.369 e. The lowest BCUT2D eigenvalue weighted by Gasteiger charge is -2.35. The van der Waals surface area contributed by atoms with Crippen LogP contribution in [0.2, 0.25) is 0 Å². The minimum atomic E-state index is -0.372. The molecule has 1 atom stereocenters. The number of piperidine rings is 1. The number of nitrogens with one attached hydrogen (secondary N) is 2. The zero-order valence-electron chi connectivity index (χ0n) is 13.4. The van der Waals surface area contributed by atoms with Crippen molar-refractivity contribution in [2.24, 2.45) is 5.73 Å². The van der Waals surface area contributed by atoms with E-state index in [-0.39, 0.29) is 5.91 Å². The van der Waals surface area contributed by atoms with Gasteiger partial charge in [-0.1, -0.05) is 12.1 Å². The average Bonchev–Trinajstić information content (AvgIpc) is 2.98. The smallest absolute Gasteiger partial charge is 0.250 e. The number of nitrogens with two attached hydrogens (primary N) is 1. The Bertz CT molecular complexity index is 681. The molecule has 0 aliphatic carbocycles. The van der Waals surface area contributed by atoms with Crippen molar-refractivity contribution >= 4 is 11.6 Å². The Morgan fingerprint density at radius 2 is 2.30 bits per heavy atom. The van der Waals surface area contributed by atoms with E-state index in [0.717, 1.165) is 43.9 Å². The number of nitrogens with zero attached hydrogens (tertiary/aromatic N) is 2. The van der Waals surface area contributed by atoms with Crippen LogP contribution >= 0.6 is 0 Å². The topological polar surface area (TPSA) is 87.0 Å². The van der Waals surface area contributed by atoms with E-state index in [2.05, 4.69) is 27.3 Å². The van der Waals surface area contributed by atoms with Crippen LogP contribution in [0.4, 0.5) is 5.69 Å². The highest BCUT2D eigenvalue weighted by Gasteiger charge is 2.22. The first kappa shape index (κ1) is 15.6. The summed E-state index contributed by atoms with van der Waals surface area (Å²) in [6.45, 7) is 4.65. The van der Waals surface area contributed by atoms with Crippen molar-refractivity contribution in [3.05, 3.63) is 47.3 Å². The summed E-state index contributed by atoms with van der Waals surface area (Å²) in [5, 5.41) is 10.7. The fourth-order valence-corrected chi connectivity index (χ4v) is 3.12. The van der Waals surface area contributed by atoms with Crippen molar-refractivity contribution in [1.29, 1.82) is 0 Å². The second-order valence-electron chi connectivity index (χ2n) is 6.08. The molecule has 2 heterocycles. The number of carbonyl (C=O) groups excluding carboxylic acids is 1. The molecule has 1 unspecified atom stereocenters. The third kappa shape index (κ3) is 3.53. The summed E-state index contributed by atoms with van der Waals surface area (Å²) in [5.74, 6) is -0.372. The van der Waals surface area contributed by atoms with Gasteiger partial charge in [-0.05, 0) is 37.5 Å². The molecule has 1 aromatic heterocycles. The number of aryl methyl sites for hydroxylation is 1. The Hall–Kier alpha value is -2.34. The molecule has 1 amide bonds. The third-order valence-corrected chi connectivity index (χ3v) is 4.43. The number of aromatic nitrogens is 2. The highest BCUT2D eigenvalue weighted by Crippen LogP contribution is 2.24. The van der Waals surface area contributed by atoms with Gasteiger partial charge >= 0.3 is 0 Å². The normalized spacial score (nSPS) is 18.1. The maximum absolute atomic E-state index is 11.6. The number of benzene rings is 1. The third-order valence-electron chi connectivity index (χ3n) is 4.43. The zero-order valence-corrected chi connectivity index (χ0v) is 13.4. The quantitative estimate of drug-likeness (QED) is 0.782. The Labute approximate surface area is 136 Å². The molecule has 2 aromatic rings. The van der Waals surface area contributed by atoms with Crippen LogP contribution in [-0.2, 0) is 6.54 Å². The summed E-state index contributed by atoms with van der Waals surface area (Å²) in [4.78, 5) is 13.9. The van der Waals surface area contributed by atoms with Gasteiger partial charge in [0.15, 0.2) is 0 Å². The van der Waals surface area contributed by atoms with Crippen molar-refractivity contribution in [2.45, 2.75) is 32.4 Å². The maximum Gasteiger partial charge on any atom is 0.250 e. The van der Waals surface area contributed by atoms with Crippen LogP contribution < -0.4 is 16.0 Å². The van der Waals surface area contributed by atoms with Gasteiger partial charge < -0.3 is 16.0 Å². The molecule has 1 aliphatic rings. The number of H-pyrrole nitrogens is 1. The van der Waals surface area contributed by atoms with Gasteiger partial charge in [-0.15, -0.1) is 0 Å². The highest BCUT2D eigenvalue weighted by molar-refractivity contribution is 5.98. The van der Waals surface area contributed by atoms with E-state index in [0.29, 0.717) is 11.6 Å². The molecule has 23 heavy (non-hydrogen) atoms. The highest BCUT2D eigenvalue weighted by atomic mass is 16.1. The van der Waals surface area contributed by atoms with E-state index >= 15 is 0 Å². The molecular weight excluding hydrogens is 290 g/mol. The predicted molar refractivity (Wildman–Crippen MR) is 90.4 cm³/mol. The average molecular weight is 313 g/mol. The van der Waals surface area contributed by atoms with E-state index in [4.69, 9.17) is 5.73 Å². The van der Waals surface area contributed by atoms with Gasteiger partial charge in [-0.2, -0.15) is 5.10 Å². The van der Waals surface area contributed by atoms with Crippen LogP contribution in [0.15, 0.2) is 30.5 Å². The Balaban J connectivity index is 1.67. The zero-order chi connectivity index (χ0) is 16.2. The first-order chi connectivity index (χ1) is 11.1. The molecule has 0 radical (unpaired) electrons. The number of hydrogen-bond donors (Lipinski definition) is 3. The molecule has 3 rings (SSSR count). The van der Waals surface area contributed by atoms with E-state index in [1.54, 1.807) is 6.07 Å². The summed E-state index contributed by atoms with van der Waals surface area (Å²) in [6, 6.07) is 7.95. The van der Waals surface area contributed by atoms with Crippen LogP contribution in [0, 0.1) is 6.92 Å². The van der Waals surface area contributed by atoms with Crippen molar-refractivity contribution in [2.75, 3.05) is 18.0 Å². The van der Waals surface area contributed by atoms with Gasteiger partial charge in [0.25, 0.3) is 5.91 Å². The van der Waals surface area contributed by atoms with Gasteiger partial charge in [0, 0.05) is 31.4 Å². The molecule has 1 aromatic carbocycles. The van der Waals surface area contributed by atoms with E-state index in [9.17, 15) is 4.79 Å². The van der Waals surface area contributed by atoms with Gasteiger partial charge in [0.1, 0.15) is 0 Å². The second-order valence-corrected chi connectivity index (χ2v) is 6.08. The molecule has 6 nitrogen and oxygen atoms in total. The molecule has 6 heteroatoms. The fourth-order valence-electron chi connectivity index (χ4n) is 3.12.